The van der Waals surface area contributed by atoms with Gasteiger partial charge in [-0.2, -0.15) is 0 Å². The molecule has 0 unspecified atom stereocenters. The molecule has 3 nitrogen and oxygen atoms in total. The van der Waals surface area contributed by atoms with Gasteiger partial charge in [0.1, 0.15) is 6.10 Å². The summed E-state index contributed by atoms with van der Waals surface area (Å²) in [5.74, 6) is 1.72. The molecule has 0 radical (unpaired) electrons. The molecule has 0 amide bonds. The number of benzene rings is 1. The van der Waals surface area contributed by atoms with Crippen LogP contribution in [0, 0.1) is 0 Å². The van der Waals surface area contributed by atoms with Crippen molar-refractivity contribution in [2.45, 2.75) is 32.3 Å². The van der Waals surface area contributed by atoms with Gasteiger partial charge in [-0.3, -0.25) is 0 Å². The molecule has 1 aromatic rings. The van der Waals surface area contributed by atoms with Crippen LogP contribution in [0.25, 0.3) is 0 Å². The Balaban J connectivity index is 2.08. The fraction of sp³-hybridized carbons (Fsp3) is 0.571. The van der Waals surface area contributed by atoms with Gasteiger partial charge in [0.25, 0.3) is 0 Å². The maximum atomic E-state index is 6.01. The first-order chi connectivity index (χ1) is 8.33. The van der Waals surface area contributed by atoms with Gasteiger partial charge >= 0.3 is 0 Å². The third-order valence-corrected chi connectivity index (χ3v) is 3.22. The summed E-state index contributed by atoms with van der Waals surface area (Å²) in [5.41, 5.74) is 1.28. The molecule has 0 saturated carbocycles. The Bertz CT molecular complexity index is 359. The topological polar surface area (TPSA) is 30.5 Å². The largest absolute Gasteiger partial charge is 0.493 e. The van der Waals surface area contributed by atoms with Gasteiger partial charge in [-0.1, -0.05) is 13.0 Å². The van der Waals surface area contributed by atoms with E-state index in [4.69, 9.17) is 9.47 Å². The van der Waals surface area contributed by atoms with Crippen molar-refractivity contribution in [1.82, 2.24) is 5.32 Å². The lowest BCUT2D eigenvalue weighted by molar-refractivity contribution is 0.156. The summed E-state index contributed by atoms with van der Waals surface area (Å²) in [4.78, 5) is 0. The van der Waals surface area contributed by atoms with Gasteiger partial charge in [0.15, 0.2) is 11.5 Å². The molecule has 1 aliphatic rings. The number of hydrogen-bond acceptors (Lipinski definition) is 3. The van der Waals surface area contributed by atoms with E-state index in [0.29, 0.717) is 6.10 Å². The fourth-order valence-electron chi connectivity index (χ4n) is 2.12. The molecule has 0 aliphatic carbocycles. The lowest BCUT2D eigenvalue weighted by atomic mass is 10.1. The van der Waals surface area contributed by atoms with E-state index in [-0.39, 0.29) is 0 Å². The molecule has 3 heteroatoms. The summed E-state index contributed by atoms with van der Waals surface area (Å²) in [6.07, 6.45) is 3.47. The van der Waals surface area contributed by atoms with Crippen LogP contribution < -0.4 is 14.8 Å². The first-order valence-electron chi connectivity index (χ1n) is 6.37. The average molecular weight is 235 g/mol. The number of ether oxygens (including phenoxy) is 2. The summed E-state index contributed by atoms with van der Waals surface area (Å²) < 4.78 is 11.4. The monoisotopic (exact) mass is 235 g/mol. The highest BCUT2D eigenvalue weighted by Crippen LogP contribution is 2.30. The predicted molar refractivity (Wildman–Crippen MR) is 68.9 cm³/mol. The summed E-state index contributed by atoms with van der Waals surface area (Å²) in [6, 6.07) is 6.20. The Kier molecular flexibility index (Phi) is 4.26. The molecule has 17 heavy (non-hydrogen) atoms. The molecule has 1 aromatic carbocycles. The zero-order valence-corrected chi connectivity index (χ0v) is 10.7. The lowest BCUT2D eigenvalue weighted by Crippen LogP contribution is -2.34. The number of piperidine rings is 1. The number of methoxy groups -OCH3 is 1. The van der Waals surface area contributed by atoms with Gasteiger partial charge in [0.05, 0.1) is 7.11 Å². The van der Waals surface area contributed by atoms with Crippen LogP contribution in [-0.4, -0.2) is 26.3 Å². The minimum atomic E-state index is 0.317. The highest BCUT2D eigenvalue weighted by atomic mass is 16.5. The van der Waals surface area contributed by atoms with Gasteiger partial charge in [0.2, 0.25) is 0 Å². The van der Waals surface area contributed by atoms with Crippen LogP contribution in [0.3, 0.4) is 0 Å². The maximum Gasteiger partial charge on any atom is 0.161 e. The van der Waals surface area contributed by atoms with Crippen molar-refractivity contribution in [3.63, 3.8) is 0 Å². The van der Waals surface area contributed by atoms with Crippen molar-refractivity contribution < 1.29 is 9.47 Å². The quantitative estimate of drug-likeness (QED) is 0.869. The lowest BCUT2D eigenvalue weighted by Gasteiger charge is -2.24. The standard InChI is InChI=1S/C14H21NO2/c1-3-11-4-5-13(14(10-11)16-2)17-12-6-8-15-9-7-12/h4-5,10,12,15H,3,6-9H2,1-2H3. The highest BCUT2D eigenvalue weighted by Gasteiger charge is 2.16. The molecule has 0 aromatic heterocycles. The molecular formula is C14H21NO2. The van der Waals surface area contributed by atoms with Crippen molar-refractivity contribution in [3.05, 3.63) is 23.8 Å². The van der Waals surface area contributed by atoms with Crippen molar-refractivity contribution >= 4 is 0 Å². The summed E-state index contributed by atoms with van der Waals surface area (Å²) in [5, 5.41) is 3.34. The normalized spacial score (nSPS) is 16.8. The van der Waals surface area contributed by atoms with Gasteiger partial charge in [-0.05, 0) is 50.0 Å². The number of nitrogens with one attached hydrogen (secondary N) is 1. The predicted octanol–water partition coefficient (Wildman–Crippen LogP) is 2.39. The molecule has 1 aliphatic heterocycles. The van der Waals surface area contributed by atoms with Crippen LogP contribution in [0.15, 0.2) is 18.2 Å². The molecule has 0 bridgehead atoms. The summed E-state index contributed by atoms with van der Waals surface area (Å²) >= 11 is 0. The van der Waals surface area contributed by atoms with E-state index >= 15 is 0 Å². The van der Waals surface area contributed by atoms with Crippen molar-refractivity contribution in [2.24, 2.45) is 0 Å². The van der Waals surface area contributed by atoms with E-state index < -0.39 is 0 Å². The van der Waals surface area contributed by atoms with Crippen LogP contribution in [0.5, 0.6) is 11.5 Å². The fourth-order valence-corrected chi connectivity index (χ4v) is 2.12. The number of rotatable bonds is 4. The Morgan fingerprint density at radius 2 is 2.00 bits per heavy atom. The van der Waals surface area contributed by atoms with Crippen molar-refractivity contribution in [1.29, 1.82) is 0 Å². The molecule has 1 fully saturated rings. The maximum absolute atomic E-state index is 6.01. The summed E-state index contributed by atoms with van der Waals surface area (Å²) in [7, 11) is 1.70. The highest BCUT2D eigenvalue weighted by molar-refractivity contribution is 5.43. The van der Waals surface area contributed by atoms with Crippen LogP contribution >= 0.6 is 0 Å². The van der Waals surface area contributed by atoms with E-state index in [1.54, 1.807) is 7.11 Å². The molecule has 1 heterocycles. The second kappa shape index (κ2) is 5.92. The van der Waals surface area contributed by atoms with E-state index in [2.05, 4.69) is 24.4 Å². The van der Waals surface area contributed by atoms with Crippen LogP contribution in [-0.2, 0) is 6.42 Å². The molecular weight excluding hydrogens is 214 g/mol. The Morgan fingerprint density at radius 3 is 2.65 bits per heavy atom. The first kappa shape index (κ1) is 12.2. The van der Waals surface area contributed by atoms with Crippen LogP contribution in [0.1, 0.15) is 25.3 Å². The average Bonchev–Trinajstić information content (AvgIpc) is 2.40. The molecule has 1 N–H and O–H groups in total. The smallest absolute Gasteiger partial charge is 0.161 e. The second-order valence-corrected chi connectivity index (χ2v) is 4.41. The Labute approximate surface area is 103 Å². The van der Waals surface area contributed by atoms with Crippen LogP contribution in [0.2, 0.25) is 0 Å². The van der Waals surface area contributed by atoms with Gasteiger partial charge in [0, 0.05) is 0 Å². The third kappa shape index (κ3) is 3.13. The van der Waals surface area contributed by atoms with E-state index in [9.17, 15) is 0 Å². The second-order valence-electron chi connectivity index (χ2n) is 4.41. The minimum absolute atomic E-state index is 0.317. The third-order valence-electron chi connectivity index (χ3n) is 3.22. The molecule has 1 saturated heterocycles. The molecule has 94 valence electrons. The van der Waals surface area contributed by atoms with Crippen LogP contribution in [0.4, 0.5) is 0 Å². The Hall–Kier alpha value is -1.22. The van der Waals surface area contributed by atoms with Crippen molar-refractivity contribution in [3.8, 4) is 11.5 Å². The van der Waals surface area contributed by atoms with Gasteiger partial charge in [-0.25, -0.2) is 0 Å². The number of hydrogen-bond donors (Lipinski definition) is 1. The SMILES string of the molecule is CCc1ccc(OC2CCNCC2)c(OC)c1. The molecule has 0 atom stereocenters. The zero-order valence-electron chi connectivity index (χ0n) is 10.7. The Morgan fingerprint density at radius 1 is 1.24 bits per heavy atom. The molecule has 2 rings (SSSR count). The van der Waals surface area contributed by atoms with Crippen molar-refractivity contribution in [2.75, 3.05) is 20.2 Å². The summed E-state index contributed by atoms with van der Waals surface area (Å²) in [6.45, 7) is 4.22. The van der Waals surface area contributed by atoms with Gasteiger partial charge in [-0.15, -0.1) is 0 Å². The van der Waals surface area contributed by atoms with E-state index in [1.165, 1.54) is 5.56 Å². The molecule has 0 spiro atoms. The number of aryl methyl sites for hydroxylation is 1. The minimum Gasteiger partial charge on any atom is -0.493 e. The first-order valence-corrected chi connectivity index (χ1v) is 6.37. The van der Waals surface area contributed by atoms with E-state index in [1.807, 2.05) is 6.07 Å². The van der Waals surface area contributed by atoms with E-state index in [0.717, 1.165) is 43.9 Å². The zero-order chi connectivity index (χ0) is 12.1. The van der Waals surface area contributed by atoms with Gasteiger partial charge < -0.3 is 14.8 Å².